The van der Waals surface area contributed by atoms with Crippen molar-refractivity contribution in [1.29, 1.82) is 0 Å². The van der Waals surface area contributed by atoms with E-state index in [4.69, 9.17) is 9.72 Å². The van der Waals surface area contributed by atoms with Gasteiger partial charge in [-0.25, -0.2) is 4.98 Å². The van der Waals surface area contributed by atoms with Crippen molar-refractivity contribution < 1.29 is 9.53 Å². The van der Waals surface area contributed by atoms with E-state index in [1.54, 1.807) is 0 Å². The highest BCUT2D eigenvalue weighted by Crippen LogP contribution is 2.20. The summed E-state index contributed by atoms with van der Waals surface area (Å²) < 4.78 is 8.38. The Morgan fingerprint density at radius 1 is 0.917 bits per heavy atom. The van der Waals surface area contributed by atoms with Gasteiger partial charge in [-0.3, -0.25) is 4.79 Å². The summed E-state index contributed by atoms with van der Waals surface area (Å²) in [5, 5.41) is 3.07. The van der Waals surface area contributed by atoms with Gasteiger partial charge in [-0.15, -0.1) is 0 Å². The SMILES string of the molecule is Cc1ccc(C)c(OCCCCn2c(CCCNC(=O)CCc3ccccc3)nc3ccccc32)c1. The average Bonchev–Trinajstić information content (AvgIpc) is 3.25. The Kier molecular flexibility index (Phi) is 9.15. The van der Waals surface area contributed by atoms with Crippen LogP contribution in [0.25, 0.3) is 11.0 Å². The molecule has 0 unspecified atom stereocenters. The molecule has 1 amide bonds. The molecule has 0 aliphatic rings. The lowest BCUT2D eigenvalue weighted by atomic mass is 10.1. The van der Waals surface area contributed by atoms with E-state index >= 15 is 0 Å². The van der Waals surface area contributed by atoms with Crippen LogP contribution in [0.4, 0.5) is 0 Å². The van der Waals surface area contributed by atoms with Crippen LogP contribution in [-0.2, 0) is 24.2 Å². The third-order valence-electron chi connectivity index (χ3n) is 6.49. The third kappa shape index (κ3) is 7.20. The lowest BCUT2D eigenvalue weighted by molar-refractivity contribution is -0.121. The molecular weight excluding hydrogens is 446 g/mol. The molecule has 0 saturated heterocycles. The fourth-order valence-electron chi connectivity index (χ4n) is 4.45. The summed E-state index contributed by atoms with van der Waals surface area (Å²) in [4.78, 5) is 17.1. The predicted molar refractivity (Wildman–Crippen MR) is 146 cm³/mol. The largest absolute Gasteiger partial charge is 0.493 e. The van der Waals surface area contributed by atoms with Gasteiger partial charge in [-0.05, 0) is 74.4 Å². The number of ether oxygens (including phenoxy) is 1. The highest BCUT2D eigenvalue weighted by Gasteiger charge is 2.11. The molecule has 3 aromatic carbocycles. The quantitative estimate of drug-likeness (QED) is 0.231. The molecule has 5 heteroatoms. The van der Waals surface area contributed by atoms with E-state index in [0.29, 0.717) is 19.6 Å². The first-order valence-corrected chi connectivity index (χ1v) is 13.0. The smallest absolute Gasteiger partial charge is 0.220 e. The molecule has 0 atom stereocenters. The lowest BCUT2D eigenvalue weighted by Gasteiger charge is -2.12. The Balaban J connectivity index is 1.24. The summed E-state index contributed by atoms with van der Waals surface area (Å²) in [6, 6.07) is 24.8. The van der Waals surface area contributed by atoms with E-state index in [2.05, 4.69) is 72.3 Å². The lowest BCUT2D eigenvalue weighted by Crippen LogP contribution is -2.25. The molecule has 1 heterocycles. The molecule has 0 fully saturated rings. The first-order valence-electron chi connectivity index (χ1n) is 13.0. The van der Waals surface area contributed by atoms with Crippen LogP contribution in [0.15, 0.2) is 72.8 Å². The molecular formula is C31H37N3O2. The van der Waals surface area contributed by atoms with Crippen LogP contribution < -0.4 is 10.1 Å². The minimum absolute atomic E-state index is 0.108. The molecule has 4 rings (SSSR count). The molecule has 188 valence electrons. The summed E-state index contributed by atoms with van der Waals surface area (Å²) in [6.07, 6.45) is 5.01. The van der Waals surface area contributed by atoms with Gasteiger partial charge in [0.15, 0.2) is 0 Å². The monoisotopic (exact) mass is 483 g/mol. The van der Waals surface area contributed by atoms with Gasteiger partial charge >= 0.3 is 0 Å². The zero-order chi connectivity index (χ0) is 25.2. The predicted octanol–water partition coefficient (Wildman–Crippen LogP) is 6.19. The van der Waals surface area contributed by atoms with Crippen molar-refractivity contribution in [3.05, 3.63) is 95.3 Å². The number of hydrogen-bond donors (Lipinski definition) is 1. The van der Waals surface area contributed by atoms with Crippen molar-refractivity contribution in [2.24, 2.45) is 0 Å². The van der Waals surface area contributed by atoms with Gasteiger partial charge < -0.3 is 14.6 Å². The van der Waals surface area contributed by atoms with Gasteiger partial charge in [0.1, 0.15) is 11.6 Å². The maximum Gasteiger partial charge on any atom is 0.220 e. The van der Waals surface area contributed by atoms with Gasteiger partial charge in [-0.1, -0.05) is 54.6 Å². The molecule has 0 spiro atoms. The summed E-state index contributed by atoms with van der Waals surface area (Å²) in [5.41, 5.74) is 5.80. The Labute approximate surface area is 214 Å². The van der Waals surface area contributed by atoms with Crippen LogP contribution in [0.1, 0.15) is 48.2 Å². The molecule has 1 aromatic heterocycles. The highest BCUT2D eigenvalue weighted by molar-refractivity contribution is 5.76. The van der Waals surface area contributed by atoms with Crippen LogP contribution in [0.5, 0.6) is 5.75 Å². The maximum absolute atomic E-state index is 12.2. The van der Waals surface area contributed by atoms with Gasteiger partial charge in [0.25, 0.3) is 0 Å². The summed E-state index contributed by atoms with van der Waals surface area (Å²) >= 11 is 0. The zero-order valence-electron chi connectivity index (χ0n) is 21.5. The van der Waals surface area contributed by atoms with Crippen LogP contribution in [0.3, 0.4) is 0 Å². The Bertz CT molecular complexity index is 1260. The number of amides is 1. The van der Waals surface area contributed by atoms with E-state index in [-0.39, 0.29) is 5.91 Å². The molecule has 0 saturated carbocycles. The molecule has 36 heavy (non-hydrogen) atoms. The number of rotatable bonds is 13. The Morgan fingerprint density at radius 2 is 1.72 bits per heavy atom. The minimum Gasteiger partial charge on any atom is -0.493 e. The number of hydrogen-bond acceptors (Lipinski definition) is 3. The van der Waals surface area contributed by atoms with Crippen LogP contribution in [0, 0.1) is 13.8 Å². The van der Waals surface area contributed by atoms with E-state index in [1.165, 1.54) is 22.2 Å². The molecule has 1 N–H and O–H groups in total. The summed E-state index contributed by atoms with van der Waals surface area (Å²) in [7, 11) is 0. The number of nitrogens with one attached hydrogen (secondary N) is 1. The molecule has 0 aliphatic heterocycles. The van der Waals surface area contributed by atoms with Crippen LogP contribution >= 0.6 is 0 Å². The number of para-hydroxylation sites is 2. The first-order chi connectivity index (χ1) is 17.6. The van der Waals surface area contributed by atoms with Crippen molar-refractivity contribution >= 4 is 16.9 Å². The number of fused-ring (bicyclic) bond motifs is 1. The summed E-state index contributed by atoms with van der Waals surface area (Å²) in [5.74, 6) is 2.18. The molecule has 0 aliphatic carbocycles. The van der Waals surface area contributed by atoms with Crippen LogP contribution in [0.2, 0.25) is 0 Å². The number of nitrogens with zero attached hydrogens (tertiary/aromatic N) is 2. The van der Waals surface area contributed by atoms with E-state index in [9.17, 15) is 4.79 Å². The number of benzene rings is 3. The Hall–Kier alpha value is -3.60. The van der Waals surface area contributed by atoms with Crippen molar-refractivity contribution in [3.63, 3.8) is 0 Å². The number of carbonyl (C=O) groups is 1. The van der Waals surface area contributed by atoms with Gasteiger partial charge in [0.2, 0.25) is 5.91 Å². The second-order valence-corrected chi connectivity index (χ2v) is 9.43. The van der Waals surface area contributed by atoms with Crippen molar-refractivity contribution in [2.75, 3.05) is 13.2 Å². The molecule has 0 radical (unpaired) electrons. The second kappa shape index (κ2) is 12.9. The van der Waals surface area contributed by atoms with Gasteiger partial charge in [0.05, 0.1) is 17.6 Å². The van der Waals surface area contributed by atoms with Crippen LogP contribution in [-0.4, -0.2) is 28.6 Å². The highest BCUT2D eigenvalue weighted by atomic mass is 16.5. The normalized spacial score (nSPS) is 11.1. The van der Waals surface area contributed by atoms with E-state index in [1.807, 2.05) is 24.3 Å². The van der Waals surface area contributed by atoms with Crippen molar-refractivity contribution in [1.82, 2.24) is 14.9 Å². The Morgan fingerprint density at radius 3 is 2.58 bits per heavy atom. The first kappa shape index (κ1) is 25.5. The van der Waals surface area contributed by atoms with Crippen molar-refractivity contribution in [2.45, 2.75) is 58.9 Å². The number of aromatic nitrogens is 2. The van der Waals surface area contributed by atoms with E-state index < -0.39 is 0 Å². The number of unbranched alkanes of at least 4 members (excludes halogenated alkanes) is 1. The zero-order valence-corrected chi connectivity index (χ0v) is 21.5. The van der Waals surface area contributed by atoms with Gasteiger partial charge in [0, 0.05) is 25.9 Å². The topological polar surface area (TPSA) is 56.1 Å². The average molecular weight is 484 g/mol. The molecule has 5 nitrogen and oxygen atoms in total. The number of aryl methyl sites for hydroxylation is 5. The number of imidazole rings is 1. The maximum atomic E-state index is 12.2. The fourth-order valence-corrected chi connectivity index (χ4v) is 4.45. The molecule has 0 bridgehead atoms. The fraction of sp³-hybridized carbons (Fsp3) is 0.355. The van der Waals surface area contributed by atoms with E-state index in [0.717, 1.165) is 55.7 Å². The van der Waals surface area contributed by atoms with Gasteiger partial charge in [-0.2, -0.15) is 0 Å². The second-order valence-electron chi connectivity index (χ2n) is 9.43. The third-order valence-corrected chi connectivity index (χ3v) is 6.49. The minimum atomic E-state index is 0.108. The summed E-state index contributed by atoms with van der Waals surface area (Å²) in [6.45, 7) is 6.47. The number of carbonyl (C=O) groups excluding carboxylic acids is 1. The van der Waals surface area contributed by atoms with Crippen molar-refractivity contribution in [3.8, 4) is 5.75 Å². The standard InChI is InChI=1S/C31H37N3O2/c1-24-16-17-25(2)29(23-24)36-22-9-8-21-34-28-14-7-6-13-27(28)33-30(34)15-10-20-32-31(35)19-18-26-11-4-3-5-12-26/h3-7,11-14,16-17,23H,8-10,15,18-22H2,1-2H3,(H,32,35). The molecule has 4 aromatic rings.